The Morgan fingerprint density at radius 1 is 1.14 bits per heavy atom. The number of fused-ring (bicyclic) bond motifs is 1. The van der Waals surface area contributed by atoms with Crippen molar-refractivity contribution in [1.29, 1.82) is 0 Å². The fourth-order valence-corrected chi connectivity index (χ4v) is 3.96. The topological polar surface area (TPSA) is 37.4 Å². The fraction of sp³-hybridized carbons (Fsp3) is 0.250. The van der Waals surface area contributed by atoms with Crippen molar-refractivity contribution in [3.8, 4) is 0 Å². The predicted octanol–water partition coefficient (Wildman–Crippen LogP) is 2.73. The first-order valence-electron chi connectivity index (χ1n) is 6.77. The van der Waals surface area contributed by atoms with E-state index in [0.29, 0.717) is 18.5 Å². The molecule has 0 saturated heterocycles. The van der Waals surface area contributed by atoms with Crippen LogP contribution in [0.25, 0.3) is 0 Å². The lowest BCUT2D eigenvalue weighted by molar-refractivity contribution is 0.346. The van der Waals surface area contributed by atoms with Crippen LogP contribution in [-0.4, -0.2) is 25.5 Å². The van der Waals surface area contributed by atoms with Crippen LogP contribution in [0.3, 0.4) is 0 Å². The fourth-order valence-electron chi connectivity index (χ4n) is 2.92. The van der Waals surface area contributed by atoms with Gasteiger partial charge in [0.2, 0.25) is 10.0 Å². The smallest absolute Gasteiger partial charge is 0.212 e. The van der Waals surface area contributed by atoms with E-state index in [2.05, 4.69) is 0 Å². The van der Waals surface area contributed by atoms with Crippen molar-refractivity contribution < 1.29 is 12.8 Å². The van der Waals surface area contributed by atoms with Gasteiger partial charge in [-0.15, -0.1) is 0 Å². The van der Waals surface area contributed by atoms with E-state index in [1.807, 2.05) is 24.3 Å². The molecule has 1 atom stereocenters. The minimum Gasteiger partial charge on any atom is -0.212 e. The maximum atomic E-state index is 13.6. The summed E-state index contributed by atoms with van der Waals surface area (Å²) in [4.78, 5) is 0. The molecule has 0 radical (unpaired) electrons. The Balaban J connectivity index is 2.19. The molecule has 0 aromatic heterocycles. The lowest BCUT2D eigenvalue weighted by atomic mass is 9.90. The third-order valence-corrected chi connectivity index (χ3v) is 5.07. The number of hydrogen-bond acceptors (Lipinski definition) is 2. The molecule has 2 aromatic carbocycles. The van der Waals surface area contributed by atoms with Crippen LogP contribution in [0, 0.1) is 5.82 Å². The Bertz CT molecular complexity index is 773. The van der Waals surface area contributed by atoms with Crippen molar-refractivity contribution in [2.45, 2.75) is 12.5 Å². The van der Waals surface area contributed by atoms with Gasteiger partial charge in [0.05, 0.1) is 12.3 Å². The molecule has 1 aliphatic heterocycles. The Labute approximate surface area is 124 Å². The summed E-state index contributed by atoms with van der Waals surface area (Å²) in [6.07, 6.45) is 1.88. The third kappa shape index (κ3) is 2.71. The van der Waals surface area contributed by atoms with Crippen molar-refractivity contribution in [2.75, 3.05) is 12.8 Å². The first-order chi connectivity index (χ1) is 9.97. The molecule has 0 amide bonds. The van der Waals surface area contributed by atoms with Gasteiger partial charge in [0.15, 0.2) is 0 Å². The highest BCUT2D eigenvalue weighted by atomic mass is 32.2. The molecule has 110 valence electrons. The molecule has 1 unspecified atom stereocenters. The average Bonchev–Trinajstić information content (AvgIpc) is 2.45. The van der Waals surface area contributed by atoms with Gasteiger partial charge in [0, 0.05) is 6.54 Å². The SMILES string of the molecule is CS(=O)(=O)N1CCc2ccccc2C1c1cccc(F)c1. The Morgan fingerprint density at radius 3 is 2.62 bits per heavy atom. The first-order valence-corrected chi connectivity index (χ1v) is 8.62. The number of hydrogen-bond donors (Lipinski definition) is 0. The normalized spacial score (nSPS) is 19.2. The molecule has 3 rings (SSSR count). The van der Waals surface area contributed by atoms with E-state index < -0.39 is 16.1 Å². The van der Waals surface area contributed by atoms with E-state index in [-0.39, 0.29) is 5.82 Å². The van der Waals surface area contributed by atoms with Gasteiger partial charge < -0.3 is 0 Å². The quantitative estimate of drug-likeness (QED) is 0.855. The third-order valence-electron chi connectivity index (χ3n) is 3.83. The molecule has 5 heteroatoms. The monoisotopic (exact) mass is 305 g/mol. The summed E-state index contributed by atoms with van der Waals surface area (Å²) < 4.78 is 39.2. The van der Waals surface area contributed by atoms with Gasteiger partial charge in [-0.1, -0.05) is 36.4 Å². The minimum atomic E-state index is -3.37. The summed E-state index contributed by atoms with van der Waals surface area (Å²) in [5.41, 5.74) is 2.71. The van der Waals surface area contributed by atoms with Gasteiger partial charge in [-0.25, -0.2) is 12.8 Å². The Hall–Kier alpha value is -1.72. The number of halogens is 1. The molecule has 1 aliphatic rings. The molecule has 0 saturated carbocycles. The van der Waals surface area contributed by atoms with Crippen molar-refractivity contribution in [3.63, 3.8) is 0 Å². The number of rotatable bonds is 2. The van der Waals surface area contributed by atoms with Gasteiger partial charge >= 0.3 is 0 Å². The van der Waals surface area contributed by atoms with Crippen LogP contribution >= 0.6 is 0 Å². The van der Waals surface area contributed by atoms with Crippen LogP contribution in [0.15, 0.2) is 48.5 Å². The summed E-state index contributed by atoms with van der Waals surface area (Å²) >= 11 is 0. The van der Waals surface area contributed by atoms with Crippen LogP contribution in [0.4, 0.5) is 4.39 Å². The molecule has 0 aliphatic carbocycles. The van der Waals surface area contributed by atoms with Crippen LogP contribution in [0.2, 0.25) is 0 Å². The molecule has 0 N–H and O–H groups in total. The van der Waals surface area contributed by atoms with Gasteiger partial charge in [0.25, 0.3) is 0 Å². The van der Waals surface area contributed by atoms with Crippen molar-refractivity contribution in [3.05, 3.63) is 71.0 Å². The van der Waals surface area contributed by atoms with E-state index in [1.54, 1.807) is 12.1 Å². The maximum Gasteiger partial charge on any atom is 0.212 e. The zero-order valence-corrected chi connectivity index (χ0v) is 12.5. The molecule has 0 spiro atoms. The number of nitrogens with zero attached hydrogens (tertiary/aromatic N) is 1. The van der Waals surface area contributed by atoms with E-state index in [1.165, 1.54) is 22.7 Å². The highest BCUT2D eigenvalue weighted by molar-refractivity contribution is 7.88. The molecule has 0 bridgehead atoms. The van der Waals surface area contributed by atoms with E-state index >= 15 is 0 Å². The summed E-state index contributed by atoms with van der Waals surface area (Å²) in [6.45, 7) is 0.414. The highest BCUT2D eigenvalue weighted by Crippen LogP contribution is 2.36. The van der Waals surface area contributed by atoms with E-state index in [4.69, 9.17) is 0 Å². The summed E-state index contributed by atoms with van der Waals surface area (Å²) in [5.74, 6) is -0.357. The van der Waals surface area contributed by atoms with Gasteiger partial charge in [0.1, 0.15) is 5.82 Å². The zero-order chi connectivity index (χ0) is 15.0. The standard InChI is InChI=1S/C16H16FNO2S/c1-21(19,20)18-10-9-12-5-2-3-8-15(12)16(18)13-6-4-7-14(17)11-13/h2-8,11,16H,9-10H2,1H3. The van der Waals surface area contributed by atoms with E-state index in [9.17, 15) is 12.8 Å². The minimum absolute atomic E-state index is 0.357. The summed E-state index contributed by atoms with van der Waals surface area (Å²) in [6, 6.07) is 13.4. The molecular formula is C16H16FNO2S. The van der Waals surface area contributed by atoms with Gasteiger partial charge in [-0.2, -0.15) is 4.31 Å². The Kier molecular flexibility index (Phi) is 3.55. The van der Waals surface area contributed by atoms with Crippen molar-refractivity contribution >= 4 is 10.0 Å². The molecule has 3 nitrogen and oxygen atoms in total. The lowest BCUT2D eigenvalue weighted by Crippen LogP contribution is -2.39. The lowest BCUT2D eigenvalue weighted by Gasteiger charge is -2.35. The van der Waals surface area contributed by atoms with Crippen LogP contribution in [-0.2, 0) is 16.4 Å². The Morgan fingerprint density at radius 2 is 1.90 bits per heavy atom. The van der Waals surface area contributed by atoms with Crippen LogP contribution in [0.5, 0.6) is 0 Å². The second-order valence-electron chi connectivity index (χ2n) is 5.28. The molecular weight excluding hydrogens is 289 g/mol. The molecule has 2 aromatic rings. The molecule has 21 heavy (non-hydrogen) atoms. The summed E-state index contributed by atoms with van der Waals surface area (Å²) in [5, 5.41) is 0. The van der Waals surface area contributed by atoms with Gasteiger partial charge in [-0.05, 0) is 35.2 Å². The molecule has 0 fully saturated rings. The van der Waals surface area contributed by atoms with Gasteiger partial charge in [-0.3, -0.25) is 0 Å². The van der Waals surface area contributed by atoms with Crippen LogP contribution in [0.1, 0.15) is 22.7 Å². The zero-order valence-electron chi connectivity index (χ0n) is 11.7. The second-order valence-corrected chi connectivity index (χ2v) is 7.22. The second kappa shape index (κ2) is 5.24. The predicted molar refractivity (Wildman–Crippen MR) is 79.9 cm³/mol. The summed E-state index contributed by atoms with van der Waals surface area (Å²) in [7, 11) is -3.37. The van der Waals surface area contributed by atoms with Crippen molar-refractivity contribution in [1.82, 2.24) is 4.31 Å². The van der Waals surface area contributed by atoms with Crippen molar-refractivity contribution in [2.24, 2.45) is 0 Å². The van der Waals surface area contributed by atoms with Crippen LogP contribution < -0.4 is 0 Å². The van der Waals surface area contributed by atoms with E-state index in [0.717, 1.165) is 11.1 Å². The highest BCUT2D eigenvalue weighted by Gasteiger charge is 2.34. The average molecular weight is 305 g/mol. The number of sulfonamides is 1. The first kappa shape index (κ1) is 14.2. The largest absolute Gasteiger partial charge is 0.212 e. The molecule has 1 heterocycles. The maximum absolute atomic E-state index is 13.6. The number of benzene rings is 2.